The van der Waals surface area contributed by atoms with Crippen LogP contribution in [0.25, 0.3) is 0 Å². The number of halogens is 2. The fourth-order valence-corrected chi connectivity index (χ4v) is 2.30. The van der Waals surface area contributed by atoms with Crippen LogP contribution in [0.5, 0.6) is 0 Å². The summed E-state index contributed by atoms with van der Waals surface area (Å²) in [7, 11) is 0. The second kappa shape index (κ2) is 8.44. The van der Waals surface area contributed by atoms with Crippen molar-refractivity contribution in [2.75, 3.05) is 24.7 Å². The van der Waals surface area contributed by atoms with Gasteiger partial charge in [-0.15, -0.1) is 0 Å². The highest BCUT2D eigenvalue weighted by atomic mass is 79.9. The lowest BCUT2D eigenvalue weighted by Gasteiger charge is -2.06. The predicted octanol–water partition coefficient (Wildman–Crippen LogP) is 1.83. The van der Waals surface area contributed by atoms with Crippen molar-refractivity contribution in [2.24, 2.45) is 0 Å². The van der Waals surface area contributed by atoms with Gasteiger partial charge in [-0.3, -0.25) is 4.79 Å². The van der Waals surface area contributed by atoms with Crippen LogP contribution in [0.1, 0.15) is 16.8 Å². The summed E-state index contributed by atoms with van der Waals surface area (Å²) in [6.45, 7) is 0.643. The van der Waals surface area contributed by atoms with Crippen molar-refractivity contribution < 1.29 is 14.3 Å². The molecule has 0 fully saturated rings. The minimum absolute atomic E-state index is 0.0165. The van der Waals surface area contributed by atoms with Gasteiger partial charge in [0.15, 0.2) is 5.82 Å². The summed E-state index contributed by atoms with van der Waals surface area (Å²) in [6.07, 6.45) is 1.75. The van der Waals surface area contributed by atoms with Crippen LogP contribution in [0.15, 0.2) is 16.9 Å². The average Bonchev–Trinajstić information content (AvgIpc) is 2.36. The second-order valence-corrected chi connectivity index (χ2v) is 5.47. The Labute approximate surface area is 118 Å². The first-order valence-corrected chi connectivity index (χ1v) is 7.37. The van der Waals surface area contributed by atoms with Crippen LogP contribution in [0.3, 0.4) is 0 Å². The number of nitrogens with zero attached hydrogens (tertiary/aromatic N) is 1. The number of aliphatic hydroxyl groups excluding tert-OH is 1. The number of hydrogen-bond donors (Lipinski definition) is 2. The highest BCUT2D eigenvalue weighted by Gasteiger charge is 2.11. The Morgan fingerprint density at radius 3 is 3.06 bits per heavy atom. The van der Waals surface area contributed by atoms with Crippen LogP contribution in [0.2, 0.25) is 0 Å². The highest BCUT2D eigenvalue weighted by molar-refractivity contribution is 9.10. The van der Waals surface area contributed by atoms with Crippen LogP contribution in [-0.4, -0.2) is 40.7 Å². The van der Waals surface area contributed by atoms with Gasteiger partial charge in [-0.1, -0.05) is 0 Å². The third-order valence-electron chi connectivity index (χ3n) is 2.05. The topological polar surface area (TPSA) is 62.2 Å². The van der Waals surface area contributed by atoms with Crippen molar-refractivity contribution in [1.82, 2.24) is 10.3 Å². The highest BCUT2D eigenvalue weighted by Crippen LogP contribution is 2.12. The van der Waals surface area contributed by atoms with Crippen molar-refractivity contribution >= 4 is 33.6 Å². The van der Waals surface area contributed by atoms with E-state index in [4.69, 9.17) is 5.11 Å². The third kappa shape index (κ3) is 5.32. The van der Waals surface area contributed by atoms with E-state index in [0.717, 1.165) is 24.1 Å². The summed E-state index contributed by atoms with van der Waals surface area (Å²) >= 11 is 4.72. The van der Waals surface area contributed by atoms with E-state index in [1.54, 1.807) is 11.8 Å². The lowest BCUT2D eigenvalue weighted by Crippen LogP contribution is -2.26. The molecule has 18 heavy (non-hydrogen) atoms. The maximum absolute atomic E-state index is 13.3. The fourth-order valence-electron chi connectivity index (χ4n) is 1.19. The maximum atomic E-state index is 13.3. The monoisotopic (exact) mass is 336 g/mol. The summed E-state index contributed by atoms with van der Waals surface area (Å²) in [4.78, 5) is 15.3. The molecule has 7 heteroatoms. The Bertz CT molecular complexity index is 407. The van der Waals surface area contributed by atoms with Gasteiger partial charge in [-0.25, -0.2) is 9.37 Å². The number of hydrogen-bond acceptors (Lipinski definition) is 4. The first-order chi connectivity index (χ1) is 8.65. The van der Waals surface area contributed by atoms with E-state index in [1.165, 1.54) is 6.07 Å². The van der Waals surface area contributed by atoms with E-state index in [1.807, 2.05) is 0 Å². The van der Waals surface area contributed by atoms with Gasteiger partial charge in [0, 0.05) is 18.9 Å². The molecule has 1 amide bonds. The minimum Gasteiger partial charge on any atom is -0.396 e. The molecule has 0 saturated carbocycles. The SMILES string of the molecule is O=C(NCCSCCCO)c1cc(Br)ncc1F. The summed E-state index contributed by atoms with van der Waals surface area (Å²) in [5.74, 6) is 0.503. The first-order valence-electron chi connectivity index (χ1n) is 5.43. The standard InChI is InChI=1S/C11H14BrFN2O2S/c12-10-6-8(9(13)7-15-10)11(17)14-2-5-18-4-1-3-16/h6-7,16H,1-5H2,(H,14,17). The molecule has 1 aromatic heterocycles. The second-order valence-electron chi connectivity index (χ2n) is 3.43. The van der Waals surface area contributed by atoms with Crippen LogP contribution in [-0.2, 0) is 0 Å². The molecular weight excluding hydrogens is 323 g/mol. The zero-order chi connectivity index (χ0) is 13.4. The van der Waals surface area contributed by atoms with Crippen molar-refractivity contribution in [3.63, 3.8) is 0 Å². The van der Waals surface area contributed by atoms with Gasteiger partial charge in [-0.05, 0) is 34.2 Å². The third-order valence-corrected chi connectivity index (χ3v) is 3.55. The van der Waals surface area contributed by atoms with Gasteiger partial charge in [0.05, 0.1) is 11.8 Å². The minimum atomic E-state index is -0.636. The van der Waals surface area contributed by atoms with E-state index in [-0.39, 0.29) is 12.2 Å². The van der Waals surface area contributed by atoms with Crippen LogP contribution >= 0.6 is 27.7 Å². The van der Waals surface area contributed by atoms with Gasteiger partial charge in [0.2, 0.25) is 0 Å². The van der Waals surface area contributed by atoms with Crippen molar-refractivity contribution in [2.45, 2.75) is 6.42 Å². The van der Waals surface area contributed by atoms with Gasteiger partial charge in [0.25, 0.3) is 5.91 Å². The molecule has 2 N–H and O–H groups in total. The van der Waals surface area contributed by atoms with Crippen molar-refractivity contribution in [3.8, 4) is 0 Å². The Kier molecular flexibility index (Phi) is 7.22. The van der Waals surface area contributed by atoms with E-state index in [0.29, 0.717) is 11.1 Å². The molecule has 4 nitrogen and oxygen atoms in total. The Morgan fingerprint density at radius 2 is 2.33 bits per heavy atom. The number of nitrogens with one attached hydrogen (secondary N) is 1. The molecule has 0 aliphatic carbocycles. The number of rotatable bonds is 7. The van der Waals surface area contributed by atoms with Crippen LogP contribution in [0, 0.1) is 5.82 Å². The van der Waals surface area contributed by atoms with Gasteiger partial charge >= 0.3 is 0 Å². The molecule has 0 aliphatic heterocycles. The number of pyridine rings is 1. The Balaban J connectivity index is 2.34. The molecule has 0 unspecified atom stereocenters. The molecule has 0 atom stereocenters. The van der Waals surface area contributed by atoms with E-state index >= 15 is 0 Å². The lowest BCUT2D eigenvalue weighted by atomic mass is 10.2. The predicted molar refractivity (Wildman–Crippen MR) is 73.3 cm³/mol. The smallest absolute Gasteiger partial charge is 0.254 e. The number of carbonyl (C=O) groups excluding carboxylic acids is 1. The summed E-state index contributed by atoms with van der Waals surface area (Å²) in [5, 5.41) is 11.2. The van der Waals surface area contributed by atoms with Crippen LogP contribution < -0.4 is 5.32 Å². The zero-order valence-electron chi connectivity index (χ0n) is 9.66. The summed E-state index contributed by atoms with van der Waals surface area (Å²) in [5.41, 5.74) is -0.0165. The normalized spacial score (nSPS) is 10.4. The molecule has 0 aromatic carbocycles. The summed E-state index contributed by atoms with van der Waals surface area (Å²) in [6, 6.07) is 1.35. The molecule has 0 spiro atoms. The number of aliphatic hydroxyl groups is 1. The van der Waals surface area contributed by atoms with Crippen molar-refractivity contribution in [3.05, 3.63) is 28.2 Å². The molecule has 0 saturated heterocycles. The number of aromatic nitrogens is 1. The molecule has 0 aliphatic rings. The number of amides is 1. The molecule has 0 radical (unpaired) electrons. The average molecular weight is 337 g/mol. The Hall–Kier alpha value is -0.660. The molecule has 1 aromatic rings. The Morgan fingerprint density at radius 1 is 1.56 bits per heavy atom. The largest absolute Gasteiger partial charge is 0.396 e. The molecule has 0 bridgehead atoms. The fraction of sp³-hybridized carbons (Fsp3) is 0.455. The molecule has 1 rings (SSSR count). The van der Waals surface area contributed by atoms with Gasteiger partial charge < -0.3 is 10.4 Å². The quantitative estimate of drug-likeness (QED) is 0.589. The number of carbonyl (C=O) groups is 1. The maximum Gasteiger partial charge on any atom is 0.254 e. The molecule has 100 valence electrons. The van der Waals surface area contributed by atoms with E-state index in [2.05, 4.69) is 26.2 Å². The van der Waals surface area contributed by atoms with Gasteiger partial charge in [0.1, 0.15) is 4.60 Å². The molecular formula is C11H14BrFN2O2S. The van der Waals surface area contributed by atoms with Crippen molar-refractivity contribution in [1.29, 1.82) is 0 Å². The van der Waals surface area contributed by atoms with Gasteiger partial charge in [-0.2, -0.15) is 11.8 Å². The lowest BCUT2D eigenvalue weighted by molar-refractivity contribution is 0.0952. The van der Waals surface area contributed by atoms with E-state index in [9.17, 15) is 9.18 Å². The summed E-state index contributed by atoms with van der Waals surface area (Å²) < 4.78 is 13.7. The van der Waals surface area contributed by atoms with E-state index < -0.39 is 11.7 Å². The number of thioether (sulfide) groups is 1. The van der Waals surface area contributed by atoms with Crippen LogP contribution in [0.4, 0.5) is 4.39 Å². The molecule has 1 heterocycles. The zero-order valence-corrected chi connectivity index (χ0v) is 12.1. The first kappa shape index (κ1) is 15.4.